The van der Waals surface area contributed by atoms with Crippen molar-refractivity contribution in [1.29, 1.82) is 0 Å². The number of benzene rings is 1. The van der Waals surface area contributed by atoms with Crippen molar-refractivity contribution >= 4 is 21.9 Å². The highest BCUT2D eigenvalue weighted by molar-refractivity contribution is 9.10. The normalized spacial score (nSPS) is 8.93. The zero-order valence-electron chi connectivity index (χ0n) is 8.27. The Morgan fingerprint density at radius 3 is 2.29 bits per heavy atom. The zero-order chi connectivity index (χ0) is 11.3. The average molecular weight is 263 g/mol. The molecule has 1 rings (SSSR count). The first kappa shape index (κ1) is 13.1. The van der Waals surface area contributed by atoms with Crippen LogP contribution in [-0.2, 0) is 0 Å². The van der Waals surface area contributed by atoms with E-state index in [1.165, 1.54) is 6.07 Å². The summed E-state index contributed by atoms with van der Waals surface area (Å²) in [6.07, 6.45) is 0. The van der Waals surface area contributed by atoms with E-state index in [-0.39, 0.29) is 10.0 Å². The molecule has 0 aliphatic rings. The van der Waals surface area contributed by atoms with E-state index in [1.54, 1.807) is 13.0 Å². The minimum atomic E-state index is -1.24. The van der Waals surface area contributed by atoms with E-state index in [9.17, 15) is 9.18 Å². The van der Waals surface area contributed by atoms with Crippen molar-refractivity contribution in [3.63, 3.8) is 0 Å². The van der Waals surface area contributed by atoms with Gasteiger partial charge in [-0.3, -0.25) is 0 Å². The fraction of sp³-hybridized carbons (Fsp3) is 0.300. The second-order valence-corrected chi connectivity index (χ2v) is 3.21. The second kappa shape index (κ2) is 5.75. The Morgan fingerprint density at radius 1 is 1.43 bits per heavy atom. The molecule has 0 radical (unpaired) electrons. The lowest BCUT2D eigenvalue weighted by atomic mass is 10.1. The molecule has 2 nitrogen and oxygen atoms in total. The summed E-state index contributed by atoms with van der Waals surface area (Å²) in [4.78, 5) is 10.5. The molecule has 4 heteroatoms. The summed E-state index contributed by atoms with van der Waals surface area (Å²) in [6.45, 7) is 5.55. The van der Waals surface area contributed by atoms with Crippen LogP contribution in [-0.4, -0.2) is 11.1 Å². The maximum absolute atomic E-state index is 13.1. The maximum atomic E-state index is 13.1. The van der Waals surface area contributed by atoms with Crippen LogP contribution in [0.15, 0.2) is 16.6 Å². The number of rotatable bonds is 1. The molecule has 1 aromatic rings. The number of hydrogen-bond acceptors (Lipinski definition) is 1. The predicted octanol–water partition coefficient (Wildman–Crippen LogP) is 3.62. The molecular weight excluding hydrogens is 251 g/mol. The molecule has 0 aliphatic carbocycles. The molecule has 0 fully saturated rings. The van der Waals surface area contributed by atoms with E-state index < -0.39 is 11.8 Å². The van der Waals surface area contributed by atoms with Gasteiger partial charge in [-0.15, -0.1) is 0 Å². The van der Waals surface area contributed by atoms with E-state index >= 15 is 0 Å². The van der Waals surface area contributed by atoms with Crippen molar-refractivity contribution in [3.8, 4) is 0 Å². The van der Waals surface area contributed by atoms with Crippen molar-refractivity contribution in [1.82, 2.24) is 0 Å². The van der Waals surface area contributed by atoms with E-state index in [0.29, 0.717) is 5.56 Å². The van der Waals surface area contributed by atoms with Crippen molar-refractivity contribution in [2.75, 3.05) is 0 Å². The summed E-state index contributed by atoms with van der Waals surface area (Å²) in [5, 5.41) is 8.61. The summed E-state index contributed by atoms with van der Waals surface area (Å²) in [7, 11) is 0. The summed E-state index contributed by atoms with van der Waals surface area (Å²) >= 11 is 2.91. The Kier molecular flexibility index (Phi) is 5.38. The molecule has 0 spiro atoms. The van der Waals surface area contributed by atoms with E-state index in [2.05, 4.69) is 15.9 Å². The molecule has 0 aliphatic heterocycles. The number of carboxylic acids is 1. The fourth-order valence-corrected chi connectivity index (χ4v) is 1.24. The molecule has 0 aromatic heterocycles. The number of aromatic carboxylic acids is 1. The number of hydrogen-bond donors (Lipinski definition) is 1. The standard InChI is InChI=1S/C8H6BrFO2.C2H6/c1-4-2-3-5(9)7(10)6(4)8(11)12;1-2/h2-3H,1H3,(H,11,12);1-2H3. The molecule has 78 valence electrons. The van der Waals surface area contributed by atoms with Crippen LogP contribution < -0.4 is 0 Å². The molecule has 0 atom stereocenters. The quantitative estimate of drug-likeness (QED) is 0.840. The minimum absolute atomic E-state index is 0.172. The fourth-order valence-electron chi connectivity index (χ4n) is 0.910. The molecule has 0 saturated carbocycles. The maximum Gasteiger partial charge on any atom is 0.338 e. The van der Waals surface area contributed by atoms with Gasteiger partial charge in [0.15, 0.2) is 5.82 Å². The van der Waals surface area contributed by atoms with Crippen LogP contribution in [0.25, 0.3) is 0 Å². The Morgan fingerprint density at radius 2 is 1.93 bits per heavy atom. The van der Waals surface area contributed by atoms with Gasteiger partial charge in [-0.25, -0.2) is 9.18 Å². The number of halogens is 2. The van der Waals surface area contributed by atoms with Crippen molar-refractivity contribution in [2.45, 2.75) is 20.8 Å². The molecule has 0 bridgehead atoms. The van der Waals surface area contributed by atoms with Crippen LogP contribution in [0.1, 0.15) is 29.8 Å². The van der Waals surface area contributed by atoms with Crippen LogP contribution >= 0.6 is 15.9 Å². The Hall–Kier alpha value is -0.900. The summed E-state index contributed by atoms with van der Waals surface area (Å²) in [5.41, 5.74) is 0.146. The summed E-state index contributed by atoms with van der Waals surface area (Å²) in [6, 6.07) is 3.04. The van der Waals surface area contributed by atoms with Crippen LogP contribution in [0.2, 0.25) is 0 Å². The molecule has 1 N–H and O–H groups in total. The lowest BCUT2D eigenvalue weighted by molar-refractivity contribution is 0.0691. The first-order chi connectivity index (χ1) is 6.54. The third-order valence-electron chi connectivity index (χ3n) is 1.52. The molecule has 0 heterocycles. The monoisotopic (exact) mass is 262 g/mol. The van der Waals surface area contributed by atoms with Gasteiger partial charge in [0.1, 0.15) is 0 Å². The molecule has 14 heavy (non-hydrogen) atoms. The van der Waals surface area contributed by atoms with Crippen molar-refractivity contribution in [3.05, 3.63) is 33.5 Å². The van der Waals surface area contributed by atoms with Crippen LogP contribution in [0.5, 0.6) is 0 Å². The average Bonchev–Trinajstić information content (AvgIpc) is 2.15. The minimum Gasteiger partial charge on any atom is -0.478 e. The largest absolute Gasteiger partial charge is 0.478 e. The van der Waals surface area contributed by atoms with Crippen LogP contribution in [0.4, 0.5) is 4.39 Å². The third kappa shape index (κ3) is 2.80. The first-order valence-corrected chi connectivity index (χ1v) is 5.01. The van der Waals surface area contributed by atoms with Crippen molar-refractivity contribution in [2.24, 2.45) is 0 Å². The number of aryl methyl sites for hydroxylation is 1. The van der Waals surface area contributed by atoms with E-state index in [4.69, 9.17) is 5.11 Å². The number of carbonyl (C=O) groups is 1. The second-order valence-electron chi connectivity index (χ2n) is 2.36. The van der Waals surface area contributed by atoms with Gasteiger partial charge in [-0.1, -0.05) is 19.9 Å². The highest BCUT2D eigenvalue weighted by Crippen LogP contribution is 2.21. The number of carboxylic acid groups (broad SMARTS) is 1. The molecule has 0 unspecified atom stereocenters. The van der Waals surface area contributed by atoms with Gasteiger partial charge in [0.2, 0.25) is 0 Å². The SMILES string of the molecule is CC.Cc1ccc(Br)c(F)c1C(=O)O. The Labute approximate surface area is 90.9 Å². The van der Waals surface area contributed by atoms with Gasteiger partial charge >= 0.3 is 5.97 Å². The van der Waals surface area contributed by atoms with Crippen LogP contribution in [0, 0.1) is 12.7 Å². The van der Waals surface area contributed by atoms with Gasteiger partial charge in [0, 0.05) is 0 Å². The summed E-state index contributed by atoms with van der Waals surface area (Å²) < 4.78 is 13.3. The first-order valence-electron chi connectivity index (χ1n) is 4.22. The molecular formula is C10H12BrFO2. The van der Waals surface area contributed by atoms with Gasteiger partial charge in [0.05, 0.1) is 10.0 Å². The molecule has 0 amide bonds. The van der Waals surface area contributed by atoms with Crippen LogP contribution in [0.3, 0.4) is 0 Å². The Balaban J connectivity index is 0.000000791. The van der Waals surface area contributed by atoms with Gasteiger partial charge in [-0.2, -0.15) is 0 Å². The zero-order valence-corrected chi connectivity index (χ0v) is 9.85. The highest BCUT2D eigenvalue weighted by Gasteiger charge is 2.15. The smallest absolute Gasteiger partial charge is 0.338 e. The predicted molar refractivity (Wildman–Crippen MR) is 57.1 cm³/mol. The third-order valence-corrected chi connectivity index (χ3v) is 2.13. The molecule has 0 saturated heterocycles. The van der Waals surface area contributed by atoms with E-state index in [1.807, 2.05) is 13.8 Å². The van der Waals surface area contributed by atoms with Gasteiger partial charge < -0.3 is 5.11 Å². The Bertz CT molecular complexity index is 337. The summed E-state index contributed by atoms with van der Waals surface area (Å²) in [5.74, 6) is -1.96. The van der Waals surface area contributed by atoms with E-state index in [0.717, 1.165) is 0 Å². The highest BCUT2D eigenvalue weighted by atomic mass is 79.9. The lowest BCUT2D eigenvalue weighted by Crippen LogP contribution is -2.03. The molecule has 1 aromatic carbocycles. The topological polar surface area (TPSA) is 37.3 Å². The van der Waals surface area contributed by atoms with Gasteiger partial charge in [-0.05, 0) is 34.5 Å². The van der Waals surface area contributed by atoms with Gasteiger partial charge in [0.25, 0.3) is 0 Å². The van der Waals surface area contributed by atoms with Crippen molar-refractivity contribution < 1.29 is 14.3 Å². The lowest BCUT2D eigenvalue weighted by Gasteiger charge is -2.02.